The van der Waals surface area contributed by atoms with E-state index in [0.29, 0.717) is 11.6 Å². The predicted octanol–water partition coefficient (Wildman–Crippen LogP) is 3.40. The monoisotopic (exact) mass is 284 g/mol. The molecule has 2 aromatic rings. The first-order chi connectivity index (χ1) is 9.95. The zero-order chi connectivity index (χ0) is 15.3. The summed E-state index contributed by atoms with van der Waals surface area (Å²) in [7, 11) is 0. The molecule has 4 heteroatoms. The lowest BCUT2D eigenvalue weighted by Crippen LogP contribution is -2.20. The number of nitrogens with one attached hydrogen (secondary N) is 1. The van der Waals surface area contributed by atoms with Gasteiger partial charge in [-0.05, 0) is 35.2 Å². The average Bonchev–Trinajstić information content (AvgIpc) is 2.46. The topological polar surface area (TPSA) is 51.2 Å². The highest BCUT2D eigenvalue weighted by molar-refractivity contribution is 5.90. The van der Waals surface area contributed by atoms with Crippen molar-refractivity contribution in [2.45, 2.75) is 26.2 Å². The molecule has 0 bridgehead atoms. The van der Waals surface area contributed by atoms with Crippen molar-refractivity contribution < 1.29 is 9.53 Å². The lowest BCUT2D eigenvalue weighted by molar-refractivity contribution is -0.118. The minimum atomic E-state index is -0.228. The summed E-state index contributed by atoms with van der Waals surface area (Å²) in [5.41, 5.74) is 1.34. The number of anilines is 1. The van der Waals surface area contributed by atoms with Gasteiger partial charge in [0.05, 0.1) is 0 Å². The Morgan fingerprint density at radius 3 is 2.43 bits per heavy atom. The lowest BCUT2D eigenvalue weighted by atomic mass is 9.87. The Balaban J connectivity index is 1.87. The first-order valence-electron chi connectivity index (χ1n) is 6.89. The summed E-state index contributed by atoms with van der Waals surface area (Å²) >= 11 is 0. The first-order valence-corrected chi connectivity index (χ1v) is 6.89. The van der Waals surface area contributed by atoms with Gasteiger partial charge >= 0.3 is 0 Å². The Bertz CT molecular complexity index is 586. The first kappa shape index (κ1) is 15.0. The van der Waals surface area contributed by atoms with Gasteiger partial charge < -0.3 is 10.1 Å². The van der Waals surface area contributed by atoms with E-state index in [0.717, 1.165) is 0 Å². The number of pyridine rings is 1. The molecule has 0 spiro atoms. The van der Waals surface area contributed by atoms with Gasteiger partial charge in [0.25, 0.3) is 5.91 Å². The molecule has 0 saturated carbocycles. The largest absolute Gasteiger partial charge is 0.484 e. The number of carbonyl (C=O) groups is 1. The van der Waals surface area contributed by atoms with Crippen LogP contribution in [-0.4, -0.2) is 17.5 Å². The standard InChI is InChI=1S/C17H20N2O2/c1-17(2,3)13-7-9-14(10-8-13)21-12-16(20)19-15-6-4-5-11-18-15/h4-11H,12H2,1-3H3,(H,18,19,20). The van der Waals surface area contributed by atoms with E-state index in [2.05, 4.69) is 31.1 Å². The fourth-order valence-electron chi connectivity index (χ4n) is 1.82. The van der Waals surface area contributed by atoms with Gasteiger partial charge in [-0.3, -0.25) is 4.79 Å². The third-order valence-electron chi connectivity index (χ3n) is 3.02. The van der Waals surface area contributed by atoms with Crippen molar-refractivity contribution in [1.82, 2.24) is 4.98 Å². The van der Waals surface area contributed by atoms with Crippen molar-refractivity contribution in [3.8, 4) is 5.75 Å². The molecule has 110 valence electrons. The van der Waals surface area contributed by atoms with Crippen LogP contribution >= 0.6 is 0 Å². The molecular weight excluding hydrogens is 264 g/mol. The van der Waals surface area contributed by atoms with E-state index in [9.17, 15) is 4.79 Å². The van der Waals surface area contributed by atoms with Gasteiger partial charge in [0, 0.05) is 6.20 Å². The molecule has 0 radical (unpaired) electrons. The van der Waals surface area contributed by atoms with Crippen molar-refractivity contribution in [1.29, 1.82) is 0 Å². The Kier molecular flexibility index (Phi) is 4.58. The van der Waals surface area contributed by atoms with Gasteiger partial charge in [-0.2, -0.15) is 0 Å². The Labute approximate surface area is 125 Å². The number of carbonyl (C=O) groups excluding carboxylic acids is 1. The van der Waals surface area contributed by atoms with Gasteiger partial charge in [0.15, 0.2) is 6.61 Å². The second-order valence-electron chi connectivity index (χ2n) is 5.83. The number of ether oxygens (including phenoxy) is 1. The van der Waals surface area contributed by atoms with Crippen LogP contribution in [0.25, 0.3) is 0 Å². The van der Waals surface area contributed by atoms with E-state index in [-0.39, 0.29) is 17.9 Å². The number of nitrogens with zero attached hydrogens (tertiary/aromatic N) is 1. The van der Waals surface area contributed by atoms with E-state index in [1.165, 1.54) is 5.56 Å². The van der Waals surface area contributed by atoms with Crippen LogP contribution in [0.15, 0.2) is 48.7 Å². The van der Waals surface area contributed by atoms with E-state index >= 15 is 0 Å². The van der Waals surface area contributed by atoms with Crippen molar-refractivity contribution in [2.24, 2.45) is 0 Å². The molecule has 0 unspecified atom stereocenters. The number of hydrogen-bond acceptors (Lipinski definition) is 3. The molecule has 0 aliphatic carbocycles. The molecule has 1 aromatic heterocycles. The molecular formula is C17H20N2O2. The van der Waals surface area contributed by atoms with Crippen molar-refractivity contribution in [3.63, 3.8) is 0 Å². The summed E-state index contributed by atoms with van der Waals surface area (Å²) in [5, 5.41) is 2.67. The summed E-state index contributed by atoms with van der Waals surface area (Å²) < 4.78 is 5.47. The minimum absolute atomic E-state index is 0.0363. The van der Waals surface area contributed by atoms with Gasteiger partial charge in [-0.1, -0.05) is 39.0 Å². The van der Waals surface area contributed by atoms with Gasteiger partial charge in [-0.25, -0.2) is 4.98 Å². The summed E-state index contributed by atoms with van der Waals surface area (Å²) in [6.45, 7) is 6.43. The molecule has 1 heterocycles. The zero-order valence-corrected chi connectivity index (χ0v) is 12.6. The third kappa shape index (κ3) is 4.60. The van der Waals surface area contributed by atoms with Crippen molar-refractivity contribution >= 4 is 11.7 Å². The fraction of sp³-hybridized carbons (Fsp3) is 0.294. The van der Waals surface area contributed by atoms with E-state index < -0.39 is 0 Å². The predicted molar refractivity (Wildman–Crippen MR) is 83.5 cm³/mol. The number of amides is 1. The van der Waals surface area contributed by atoms with Crippen LogP contribution in [0.3, 0.4) is 0 Å². The van der Waals surface area contributed by atoms with E-state index in [1.54, 1.807) is 18.3 Å². The molecule has 0 aliphatic rings. The highest BCUT2D eigenvalue weighted by atomic mass is 16.5. The Morgan fingerprint density at radius 1 is 1.14 bits per heavy atom. The number of benzene rings is 1. The summed E-state index contributed by atoms with van der Waals surface area (Å²) in [5.74, 6) is 0.974. The maximum Gasteiger partial charge on any atom is 0.263 e. The van der Waals surface area contributed by atoms with Gasteiger partial charge in [0.1, 0.15) is 11.6 Å². The molecule has 0 aliphatic heterocycles. The maximum absolute atomic E-state index is 11.7. The quantitative estimate of drug-likeness (QED) is 0.936. The maximum atomic E-state index is 11.7. The van der Waals surface area contributed by atoms with Gasteiger partial charge in [0.2, 0.25) is 0 Å². The average molecular weight is 284 g/mol. The molecule has 1 aromatic carbocycles. The van der Waals surface area contributed by atoms with Crippen molar-refractivity contribution in [2.75, 3.05) is 11.9 Å². The highest BCUT2D eigenvalue weighted by Gasteiger charge is 2.13. The van der Waals surface area contributed by atoms with Crippen LogP contribution < -0.4 is 10.1 Å². The Morgan fingerprint density at radius 2 is 1.86 bits per heavy atom. The summed E-state index contributed by atoms with van der Waals surface area (Å²) in [4.78, 5) is 15.8. The molecule has 21 heavy (non-hydrogen) atoms. The summed E-state index contributed by atoms with van der Waals surface area (Å²) in [6.07, 6.45) is 1.63. The van der Waals surface area contributed by atoms with E-state index in [4.69, 9.17) is 4.74 Å². The van der Waals surface area contributed by atoms with Crippen molar-refractivity contribution in [3.05, 3.63) is 54.2 Å². The lowest BCUT2D eigenvalue weighted by Gasteiger charge is -2.19. The molecule has 4 nitrogen and oxygen atoms in total. The smallest absolute Gasteiger partial charge is 0.263 e. The second kappa shape index (κ2) is 6.39. The fourth-order valence-corrected chi connectivity index (χ4v) is 1.82. The third-order valence-corrected chi connectivity index (χ3v) is 3.02. The van der Waals surface area contributed by atoms with Crippen LogP contribution in [0, 0.1) is 0 Å². The molecule has 1 amide bonds. The van der Waals surface area contributed by atoms with Crippen LogP contribution in [0.1, 0.15) is 26.3 Å². The highest BCUT2D eigenvalue weighted by Crippen LogP contribution is 2.24. The summed E-state index contributed by atoms with van der Waals surface area (Å²) in [6, 6.07) is 13.1. The number of aromatic nitrogens is 1. The molecule has 0 atom stereocenters. The second-order valence-corrected chi connectivity index (χ2v) is 5.83. The zero-order valence-electron chi connectivity index (χ0n) is 12.6. The van der Waals surface area contributed by atoms with Crippen LogP contribution in [-0.2, 0) is 10.2 Å². The number of rotatable bonds is 4. The molecule has 0 saturated heterocycles. The number of hydrogen-bond donors (Lipinski definition) is 1. The molecule has 2 rings (SSSR count). The van der Waals surface area contributed by atoms with Crippen LogP contribution in [0.5, 0.6) is 5.75 Å². The minimum Gasteiger partial charge on any atom is -0.484 e. The molecule has 0 fully saturated rings. The van der Waals surface area contributed by atoms with Gasteiger partial charge in [-0.15, -0.1) is 0 Å². The molecule has 1 N–H and O–H groups in total. The Hall–Kier alpha value is -2.36. The normalized spacial score (nSPS) is 11.0. The SMILES string of the molecule is CC(C)(C)c1ccc(OCC(=O)Nc2ccccn2)cc1. The van der Waals surface area contributed by atoms with Crippen LogP contribution in [0.2, 0.25) is 0 Å². The van der Waals surface area contributed by atoms with Crippen LogP contribution in [0.4, 0.5) is 5.82 Å². The van der Waals surface area contributed by atoms with E-state index in [1.807, 2.05) is 30.3 Å².